The van der Waals surface area contributed by atoms with E-state index in [4.69, 9.17) is 67.8 Å². The molecule has 0 saturated heterocycles. The minimum absolute atomic E-state index is 0.217. The smallest absolute Gasteiger partial charge is 0.252 e. The predicted molar refractivity (Wildman–Crippen MR) is 346 cm³/mol. The Balaban J connectivity index is 0.779. The predicted octanol–water partition coefficient (Wildman–Crippen LogP) is 17.8. The fourth-order valence-corrected chi connectivity index (χ4v) is 15.3. The third-order valence-corrected chi connectivity index (χ3v) is 19.4. The Bertz CT molecular complexity index is 5860. The number of H-pyrrole nitrogens is 2. The standard InChI is InChI=1S/C76H38N8O8/c1-9-37-25-49-33(1)5-21-57-61(49)65-62-50-26-38(10-2-34(50)6-22-58(62)90-75(65)89-57)86-42-14-18-46-54(30-42)72-80-69(46)78-70-48-20-16-44-32-56(48)74(82-70)84-73-55-31-43(15-19-47(55)68(81-73)77-67-45-17-13-41(85-37)29-53(45)71(79-67)83-72)87-39-11-3-35-7-23-59-63(51(35)27-39)66-64-52-28-40(88-44)12-4-36(52)8-24-60(64)92-76(66)91-59/h1-32,65-66,75-76H,(H2,77,78,79,80,81,82,83,84). The normalized spacial score (nSPS) is 17.4. The van der Waals surface area contributed by atoms with Gasteiger partial charge in [0.15, 0.2) is 23.3 Å². The molecule has 11 heterocycles. The summed E-state index contributed by atoms with van der Waals surface area (Å²) in [7, 11) is 0. The molecule has 0 spiro atoms. The Hall–Kier alpha value is -12.6. The van der Waals surface area contributed by atoms with Crippen molar-refractivity contribution in [3.05, 3.63) is 216 Å². The zero-order valence-electron chi connectivity index (χ0n) is 47.7. The van der Waals surface area contributed by atoms with E-state index in [1.807, 2.05) is 121 Å². The van der Waals surface area contributed by atoms with Gasteiger partial charge in [-0.1, -0.05) is 48.5 Å². The average Bonchev–Trinajstić information content (AvgIpc) is 1.56. The Morgan fingerprint density at radius 3 is 0.859 bits per heavy atom. The highest BCUT2D eigenvalue weighted by molar-refractivity contribution is 6.08. The lowest BCUT2D eigenvalue weighted by Crippen LogP contribution is -2.19. The molecule has 12 aromatic carbocycles. The largest absolute Gasteiger partial charge is 0.457 e. The van der Waals surface area contributed by atoms with Crippen LogP contribution in [0.2, 0.25) is 0 Å². The van der Waals surface area contributed by atoms with Crippen LogP contribution in [0.4, 0.5) is 0 Å². The van der Waals surface area contributed by atoms with Gasteiger partial charge in [-0.3, -0.25) is 0 Å². The molecule has 8 aliphatic rings. The summed E-state index contributed by atoms with van der Waals surface area (Å²) in [5.41, 5.74) is 9.08. The molecule has 92 heavy (non-hydrogen) atoms. The maximum atomic E-state index is 6.89. The summed E-state index contributed by atoms with van der Waals surface area (Å²) in [4.78, 5) is 39.5. The first-order valence-corrected chi connectivity index (χ1v) is 30.4. The summed E-state index contributed by atoms with van der Waals surface area (Å²) in [5.74, 6) is 9.25. The van der Waals surface area contributed by atoms with Crippen molar-refractivity contribution in [1.29, 1.82) is 0 Å². The lowest BCUT2D eigenvalue weighted by atomic mass is 9.86. The summed E-state index contributed by atoms with van der Waals surface area (Å²) < 4.78 is 54.0. The van der Waals surface area contributed by atoms with Gasteiger partial charge in [-0.2, -0.15) is 0 Å². The summed E-state index contributed by atoms with van der Waals surface area (Å²) in [6.45, 7) is 0. The van der Waals surface area contributed by atoms with Crippen molar-refractivity contribution in [2.24, 2.45) is 0 Å². The van der Waals surface area contributed by atoms with Crippen LogP contribution in [-0.2, 0) is 0 Å². The molecule has 24 bridgehead atoms. The van der Waals surface area contributed by atoms with E-state index in [9.17, 15) is 0 Å². The quantitative estimate of drug-likeness (QED) is 0.146. The highest BCUT2D eigenvalue weighted by Crippen LogP contribution is 2.58. The van der Waals surface area contributed by atoms with E-state index in [-0.39, 0.29) is 11.8 Å². The molecular weight excluding hydrogens is 1150 g/mol. The van der Waals surface area contributed by atoms with E-state index in [2.05, 4.69) is 82.8 Å². The number of ether oxygens (including phenoxy) is 8. The number of aromatic amines is 2. The van der Waals surface area contributed by atoms with Crippen molar-refractivity contribution in [2.75, 3.05) is 0 Å². The topological polar surface area (TPSA) is 183 Å². The van der Waals surface area contributed by atoms with Gasteiger partial charge in [0.2, 0.25) is 0 Å². The maximum absolute atomic E-state index is 6.89. The van der Waals surface area contributed by atoms with Crippen molar-refractivity contribution < 1.29 is 37.9 Å². The SMILES string of the molecule is c1cc2c3cc1Oc1ccc4ccc5c(c4c1)C1c4c(ccc6ccc(cc46)Oc4ccc6c7nc8nc9nc%10[nH]c(nc-2nc-3nc([nH]7)c6c4)c2ccc(cc%102)Oc2ccc3ccc4c(c3c2)C2c3c(ccc6ccc(cc36)Oc3ccc-8c-9c3)OC2O4)OC1O5. The third-order valence-electron chi connectivity index (χ3n) is 19.4. The fourth-order valence-electron chi connectivity index (χ4n) is 15.3. The molecule has 0 saturated carbocycles. The van der Waals surface area contributed by atoms with E-state index in [0.29, 0.717) is 103 Å². The van der Waals surface area contributed by atoms with Gasteiger partial charge >= 0.3 is 0 Å². The summed E-state index contributed by atoms with van der Waals surface area (Å²) in [6.07, 6.45) is -1.09. The molecule has 16 nitrogen and oxygen atoms in total. The fraction of sp³-hybridized carbons (Fsp3) is 0.0526. The minimum Gasteiger partial charge on any atom is -0.457 e. The zero-order valence-corrected chi connectivity index (χ0v) is 47.7. The first kappa shape index (κ1) is 47.5. The molecule has 4 atom stereocenters. The van der Waals surface area contributed by atoms with Crippen LogP contribution in [0.3, 0.4) is 0 Å². The maximum Gasteiger partial charge on any atom is 0.252 e. The van der Waals surface area contributed by atoms with E-state index in [1.165, 1.54) is 0 Å². The second kappa shape index (κ2) is 16.8. The van der Waals surface area contributed by atoms with Crippen molar-refractivity contribution in [1.82, 2.24) is 39.9 Å². The number of benzene rings is 12. The van der Waals surface area contributed by atoms with Crippen LogP contribution in [0.25, 0.3) is 133 Å². The van der Waals surface area contributed by atoms with Crippen LogP contribution in [0.15, 0.2) is 194 Å². The van der Waals surface area contributed by atoms with Gasteiger partial charge in [0.25, 0.3) is 12.6 Å². The first-order valence-electron chi connectivity index (χ1n) is 30.4. The van der Waals surface area contributed by atoms with Gasteiger partial charge in [-0.15, -0.1) is 0 Å². The molecule has 16 heteroatoms. The molecule has 23 rings (SSSR count). The highest BCUT2D eigenvalue weighted by atomic mass is 16.7. The van der Waals surface area contributed by atoms with Crippen LogP contribution < -0.4 is 37.9 Å². The summed E-state index contributed by atoms with van der Waals surface area (Å²) in [5, 5.41) is 11.2. The number of rotatable bonds is 0. The Morgan fingerprint density at radius 2 is 0.511 bits per heavy atom. The lowest BCUT2D eigenvalue weighted by Gasteiger charge is -2.14. The monoisotopic (exact) mass is 1190 g/mol. The number of hydrogen-bond acceptors (Lipinski definition) is 14. The number of hydrogen-bond donors (Lipinski definition) is 2. The zero-order chi connectivity index (χ0) is 59.3. The average molecular weight is 1190 g/mol. The second-order valence-electron chi connectivity index (χ2n) is 24.5. The second-order valence-corrected chi connectivity index (χ2v) is 24.5. The third kappa shape index (κ3) is 6.52. The number of fused-ring (bicyclic) bond motifs is 16. The first-order chi connectivity index (χ1) is 45.4. The van der Waals surface area contributed by atoms with Crippen LogP contribution in [0, 0.1) is 0 Å². The van der Waals surface area contributed by atoms with E-state index in [1.54, 1.807) is 0 Å². The number of nitrogens with zero attached hydrogens (tertiary/aromatic N) is 6. The van der Waals surface area contributed by atoms with Gasteiger partial charge in [-0.25, -0.2) is 29.9 Å². The van der Waals surface area contributed by atoms with Crippen molar-refractivity contribution >= 4 is 87.2 Å². The van der Waals surface area contributed by atoms with Crippen LogP contribution in [0.5, 0.6) is 69.0 Å². The van der Waals surface area contributed by atoms with Crippen molar-refractivity contribution in [3.63, 3.8) is 0 Å². The van der Waals surface area contributed by atoms with Gasteiger partial charge in [0.05, 0.1) is 11.8 Å². The Morgan fingerprint density at radius 1 is 0.239 bits per heavy atom. The minimum atomic E-state index is -0.543. The van der Waals surface area contributed by atoms with Gasteiger partial charge in [0.1, 0.15) is 91.6 Å². The molecule has 2 N–H and O–H groups in total. The molecule has 0 fully saturated rings. The van der Waals surface area contributed by atoms with Crippen molar-refractivity contribution in [3.8, 4) is 115 Å². The summed E-state index contributed by atoms with van der Waals surface area (Å²) >= 11 is 0. The molecule has 4 unspecified atom stereocenters. The highest BCUT2D eigenvalue weighted by Gasteiger charge is 2.48. The van der Waals surface area contributed by atoms with E-state index in [0.717, 1.165) is 121 Å². The molecule has 0 aliphatic carbocycles. The molecule has 15 aromatic rings. The van der Waals surface area contributed by atoms with Crippen LogP contribution in [-0.4, -0.2) is 52.5 Å². The molecular formula is C76H38N8O8. The molecule has 3 aromatic heterocycles. The molecule has 0 amide bonds. The van der Waals surface area contributed by atoms with Gasteiger partial charge < -0.3 is 47.9 Å². The number of aromatic nitrogens is 8. The number of nitrogens with one attached hydrogen (secondary N) is 2. The van der Waals surface area contributed by atoms with Crippen molar-refractivity contribution in [2.45, 2.75) is 24.4 Å². The molecule has 430 valence electrons. The Kier molecular flexibility index (Phi) is 8.66. The lowest BCUT2D eigenvalue weighted by molar-refractivity contribution is 0.0327. The van der Waals surface area contributed by atoms with Crippen LogP contribution >= 0.6 is 0 Å². The van der Waals surface area contributed by atoms with Gasteiger partial charge in [-0.05, 0) is 189 Å². The molecule has 8 aliphatic heterocycles. The Labute approximate surface area is 517 Å². The summed E-state index contributed by atoms with van der Waals surface area (Å²) in [6, 6.07) is 64.9. The van der Waals surface area contributed by atoms with Crippen LogP contribution in [0.1, 0.15) is 34.1 Å². The van der Waals surface area contributed by atoms with E-state index < -0.39 is 12.6 Å². The molecule has 0 radical (unpaired) electrons. The van der Waals surface area contributed by atoms with E-state index >= 15 is 0 Å². The van der Waals surface area contributed by atoms with Gasteiger partial charge in [0, 0.05) is 66.1 Å².